The van der Waals surface area contributed by atoms with Crippen LogP contribution in [0.2, 0.25) is 0 Å². The zero-order chi connectivity index (χ0) is 13.9. The van der Waals surface area contributed by atoms with E-state index < -0.39 is 0 Å². The van der Waals surface area contributed by atoms with Gasteiger partial charge < -0.3 is 5.32 Å². The molecule has 2 heterocycles. The first-order chi connectivity index (χ1) is 9.75. The van der Waals surface area contributed by atoms with Crippen LogP contribution in [-0.4, -0.2) is 10.9 Å². The third-order valence-corrected chi connectivity index (χ3v) is 4.50. The molecule has 1 N–H and O–H groups in total. The monoisotopic (exact) mass is 282 g/mol. The molecule has 0 aliphatic heterocycles. The molecule has 3 nitrogen and oxygen atoms in total. The third-order valence-electron chi connectivity index (χ3n) is 3.23. The van der Waals surface area contributed by atoms with Crippen molar-refractivity contribution in [1.82, 2.24) is 10.3 Å². The summed E-state index contributed by atoms with van der Waals surface area (Å²) in [5.74, 6) is -0.0208. The Morgan fingerprint density at radius 1 is 1.25 bits per heavy atom. The lowest BCUT2D eigenvalue weighted by atomic mass is 10.1. The molecule has 0 aliphatic carbocycles. The van der Waals surface area contributed by atoms with Crippen molar-refractivity contribution in [3.8, 4) is 0 Å². The Morgan fingerprint density at radius 2 is 2.10 bits per heavy atom. The maximum absolute atomic E-state index is 12.3. The average Bonchev–Trinajstić information content (AvgIpc) is 2.84. The standard InChI is InChI=1S/C16H14N2OS/c1-11-13-6-2-3-7-14(13)20-15(11)16(19)18-10-12-5-4-8-17-9-12/h2-9H,10H2,1H3,(H,18,19). The number of carbonyl (C=O) groups excluding carboxylic acids is 1. The van der Waals surface area contributed by atoms with Crippen LogP contribution in [0.4, 0.5) is 0 Å². The summed E-state index contributed by atoms with van der Waals surface area (Å²) in [6.45, 7) is 2.50. The van der Waals surface area contributed by atoms with Crippen molar-refractivity contribution in [2.24, 2.45) is 0 Å². The van der Waals surface area contributed by atoms with Gasteiger partial charge in [0.05, 0.1) is 4.88 Å². The van der Waals surface area contributed by atoms with Crippen LogP contribution in [0.5, 0.6) is 0 Å². The predicted octanol–water partition coefficient (Wildman–Crippen LogP) is 3.53. The largest absolute Gasteiger partial charge is 0.347 e. The number of pyridine rings is 1. The molecule has 0 atom stereocenters. The Hall–Kier alpha value is -2.20. The number of thiophene rings is 1. The summed E-state index contributed by atoms with van der Waals surface area (Å²) in [6, 6.07) is 11.9. The van der Waals surface area contributed by atoms with E-state index >= 15 is 0 Å². The Bertz CT molecular complexity index is 750. The molecule has 3 rings (SSSR count). The van der Waals surface area contributed by atoms with E-state index in [0.717, 1.165) is 26.1 Å². The molecule has 100 valence electrons. The third kappa shape index (κ3) is 2.42. The molecule has 0 fully saturated rings. The Kier molecular flexibility index (Phi) is 3.48. The van der Waals surface area contributed by atoms with Crippen LogP contribution in [0.25, 0.3) is 10.1 Å². The van der Waals surface area contributed by atoms with Crippen molar-refractivity contribution in [3.05, 3.63) is 64.8 Å². The lowest BCUT2D eigenvalue weighted by molar-refractivity contribution is 0.0954. The molecule has 1 amide bonds. The highest BCUT2D eigenvalue weighted by Gasteiger charge is 2.14. The van der Waals surface area contributed by atoms with E-state index in [0.29, 0.717) is 6.54 Å². The van der Waals surface area contributed by atoms with Crippen LogP contribution < -0.4 is 5.32 Å². The van der Waals surface area contributed by atoms with Crippen molar-refractivity contribution in [3.63, 3.8) is 0 Å². The number of nitrogens with one attached hydrogen (secondary N) is 1. The minimum Gasteiger partial charge on any atom is -0.347 e. The number of nitrogens with zero attached hydrogens (tertiary/aromatic N) is 1. The summed E-state index contributed by atoms with van der Waals surface area (Å²) in [5, 5.41) is 4.11. The summed E-state index contributed by atoms with van der Waals surface area (Å²) in [6.07, 6.45) is 3.49. The molecular formula is C16H14N2OS. The maximum Gasteiger partial charge on any atom is 0.261 e. The highest BCUT2D eigenvalue weighted by atomic mass is 32.1. The van der Waals surface area contributed by atoms with E-state index in [4.69, 9.17) is 0 Å². The molecule has 20 heavy (non-hydrogen) atoms. The van der Waals surface area contributed by atoms with Gasteiger partial charge in [-0.2, -0.15) is 0 Å². The number of benzene rings is 1. The van der Waals surface area contributed by atoms with Gasteiger partial charge in [0.1, 0.15) is 0 Å². The zero-order valence-electron chi connectivity index (χ0n) is 11.1. The summed E-state index contributed by atoms with van der Waals surface area (Å²) in [5.41, 5.74) is 2.05. The van der Waals surface area contributed by atoms with Crippen LogP contribution in [0, 0.1) is 6.92 Å². The van der Waals surface area contributed by atoms with Gasteiger partial charge in [0.15, 0.2) is 0 Å². The number of rotatable bonds is 3. The zero-order valence-corrected chi connectivity index (χ0v) is 11.9. The quantitative estimate of drug-likeness (QED) is 0.798. The molecule has 1 aromatic carbocycles. The van der Waals surface area contributed by atoms with Crippen molar-refractivity contribution < 1.29 is 4.79 Å². The number of hydrogen-bond acceptors (Lipinski definition) is 3. The van der Waals surface area contributed by atoms with E-state index in [2.05, 4.69) is 16.4 Å². The van der Waals surface area contributed by atoms with Gasteiger partial charge in [-0.15, -0.1) is 11.3 Å². The molecule has 0 bridgehead atoms. The Morgan fingerprint density at radius 3 is 2.85 bits per heavy atom. The first-order valence-corrected chi connectivity index (χ1v) is 7.22. The second-order valence-electron chi connectivity index (χ2n) is 4.60. The fourth-order valence-electron chi connectivity index (χ4n) is 2.16. The molecule has 0 radical (unpaired) electrons. The lowest BCUT2D eigenvalue weighted by Gasteiger charge is -2.04. The minimum atomic E-state index is -0.0208. The topological polar surface area (TPSA) is 42.0 Å². The number of fused-ring (bicyclic) bond motifs is 1. The molecule has 2 aromatic heterocycles. The van der Waals surface area contributed by atoms with Crippen molar-refractivity contribution in [2.45, 2.75) is 13.5 Å². The van der Waals surface area contributed by atoms with Crippen molar-refractivity contribution in [2.75, 3.05) is 0 Å². The van der Waals surface area contributed by atoms with Gasteiger partial charge >= 0.3 is 0 Å². The lowest BCUT2D eigenvalue weighted by Crippen LogP contribution is -2.22. The fraction of sp³-hybridized carbons (Fsp3) is 0.125. The van der Waals surface area contributed by atoms with Crippen LogP contribution in [0.15, 0.2) is 48.8 Å². The van der Waals surface area contributed by atoms with Gasteiger partial charge in [0, 0.05) is 23.6 Å². The van der Waals surface area contributed by atoms with Gasteiger partial charge in [-0.1, -0.05) is 24.3 Å². The van der Waals surface area contributed by atoms with Crippen molar-refractivity contribution in [1.29, 1.82) is 0 Å². The number of hydrogen-bond donors (Lipinski definition) is 1. The van der Waals surface area contributed by atoms with Crippen LogP contribution in [0.3, 0.4) is 0 Å². The first kappa shape index (κ1) is 12.8. The first-order valence-electron chi connectivity index (χ1n) is 6.41. The fourth-order valence-corrected chi connectivity index (χ4v) is 3.28. The van der Waals surface area contributed by atoms with Crippen LogP contribution in [0.1, 0.15) is 20.8 Å². The minimum absolute atomic E-state index is 0.0208. The molecule has 0 saturated carbocycles. The Balaban J connectivity index is 1.81. The van der Waals surface area contributed by atoms with Gasteiger partial charge in [-0.05, 0) is 35.6 Å². The van der Waals surface area contributed by atoms with E-state index in [1.54, 1.807) is 12.4 Å². The maximum atomic E-state index is 12.3. The number of amides is 1. The van der Waals surface area contributed by atoms with Gasteiger partial charge in [0.2, 0.25) is 0 Å². The summed E-state index contributed by atoms with van der Waals surface area (Å²) >= 11 is 1.54. The Labute approximate surface area is 121 Å². The molecule has 4 heteroatoms. The highest BCUT2D eigenvalue weighted by Crippen LogP contribution is 2.30. The van der Waals surface area contributed by atoms with E-state index in [-0.39, 0.29) is 5.91 Å². The van der Waals surface area contributed by atoms with Gasteiger partial charge in [-0.3, -0.25) is 9.78 Å². The predicted molar refractivity (Wildman–Crippen MR) is 82.0 cm³/mol. The molecule has 3 aromatic rings. The molecule has 0 unspecified atom stereocenters. The molecule has 0 spiro atoms. The molecular weight excluding hydrogens is 268 g/mol. The summed E-state index contributed by atoms with van der Waals surface area (Å²) < 4.78 is 1.15. The van der Waals surface area contributed by atoms with Crippen LogP contribution >= 0.6 is 11.3 Å². The number of aryl methyl sites for hydroxylation is 1. The highest BCUT2D eigenvalue weighted by molar-refractivity contribution is 7.21. The summed E-state index contributed by atoms with van der Waals surface area (Å²) in [4.78, 5) is 17.1. The van der Waals surface area contributed by atoms with E-state index in [9.17, 15) is 4.79 Å². The van der Waals surface area contributed by atoms with Crippen molar-refractivity contribution >= 4 is 27.3 Å². The second-order valence-corrected chi connectivity index (χ2v) is 5.65. The average molecular weight is 282 g/mol. The van der Waals surface area contributed by atoms with Gasteiger partial charge in [-0.25, -0.2) is 0 Å². The summed E-state index contributed by atoms with van der Waals surface area (Å²) in [7, 11) is 0. The number of aromatic nitrogens is 1. The van der Waals surface area contributed by atoms with E-state index in [1.807, 2.05) is 37.3 Å². The molecule has 0 aliphatic rings. The molecule has 0 saturated heterocycles. The van der Waals surface area contributed by atoms with E-state index in [1.165, 1.54) is 11.3 Å². The SMILES string of the molecule is Cc1c(C(=O)NCc2cccnc2)sc2ccccc12. The normalized spacial score (nSPS) is 10.7. The van der Waals surface area contributed by atoms with Crippen LogP contribution in [-0.2, 0) is 6.54 Å². The van der Waals surface area contributed by atoms with Gasteiger partial charge in [0.25, 0.3) is 5.91 Å². The smallest absolute Gasteiger partial charge is 0.261 e. The second kappa shape index (κ2) is 5.43. The number of carbonyl (C=O) groups is 1.